The van der Waals surface area contributed by atoms with E-state index in [-0.39, 0.29) is 15.2 Å². The van der Waals surface area contributed by atoms with Crippen molar-refractivity contribution in [3.05, 3.63) is 20.9 Å². The Hall–Kier alpha value is -0.750. The molecule has 2 heterocycles. The van der Waals surface area contributed by atoms with Gasteiger partial charge in [0.05, 0.1) is 29.9 Å². The monoisotopic (exact) mass is 309 g/mol. The van der Waals surface area contributed by atoms with Gasteiger partial charge in [0.1, 0.15) is 10.7 Å². The number of hydrogen-bond donors (Lipinski definition) is 0. The van der Waals surface area contributed by atoms with Crippen molar-refractivity contribution in [1.29, 1.82) is 0 Å². The Bertz CT molecular complexity index is 490. The quantitative estimate of drug-likeness (QED) is 0.769. The Balaban J connectivity index is 2.53. The average molecular weight is 311 g/mol. The predicted octanol–water partition coefficient (Wildman–Crippen LogP) is 1.24. The summed E-state index contributed by atoms with van der Waals surface area (Å²) in [5.41, 5.74) is -0.0478. The zero-order chi connectivity index (χ0) is 13.3. The van der Waals surface area contributed by atoms with E-state index in [1.54, 1.807) is 0 Å². The molecule has 0 unspecified atom stereocenters. The number of hydrogen-bond acceptors (Lipinski definition) is 5. The van der Waals surface area contributed by atoms with E-state index in [0.29, 0.717) is 32.0 Å². The number of carboxylic acid groups (broad SMARTS) is 1. The summed E-state index contributed by atoms with van der Waals surface area (Å²) in [6.07, 6.45) is 0. The van der Waals surface area contributed by atoms with Crippen LogP contribution in [0.1, 0.15) is 10.5 Å². The normalized spacial score (nSPS) is 15.8. The third-order valence-electron chi connectivity index (χ3n) is 2.54. The van der Waals surface area contributed by atoms with Crippen LogP contribution < -0.4 is 10.0 Å². The summed E-state index contributed by atoms with van der Waals surface area (Å²) in [5.74, 6) is -1.49. The van der Waals surface area contributed by atoms with E-state index in [9.17, 15) is 9.90 Å². The van der Waals surface area contributed by atoms with Crippen molar-refractivity contribution in [2.45, 2.75) is 0 Å². The van der Waals surface area contributed by atoms with Gasteiger partial charge in [0.25, 0.3) is 0 Å². The molecule has 1 aliphatic rings. The van der Waals surface area contributed by atoms with Crippen LogP contribution >= 0.6 is 34.8 Å². The van der Waals surface area contributed by atoms with E-state index in [2.05, 4.69) is 4.98 Å². The van der Waals surface area contributed by atoms with Gasteiger partial charge in [0.15, 0.2) is 5.15 Å². The highest BCUT2D eigenvalue weighted by atomic mass is 35.5. The molecule has 1 aromatic rings. The second kappa shape index (κ2) is 5.48. The molecule has 0 radical (unpaired) electrons. The van der Waals surface area contributed by atoms with Crippen LogP contribution in [0, 0.1) is 0 Å². The molecule has 0 atom stereocenters. The highest BCUT2D eigenvalue weighted by Gasteiger charge is 2.23. The SMILES string of the molecule is O=C([O-])c1nc(Cl)c(Cl)c(N2CCOCC2)c1Cl. The summed E-state index contributed by atoms with van der Waals surface area (Å²) in [6.45, 7) is 2.11. The van der Waals surface area contributed by atoms with Crippen molar-refractivity contribution in [2.24, 2.45) is 0 Å². The van der Waals surface area contributed by atoms with Gasteiger partial charge in [0, 0.05) is 13.1 Å². The first-order valence-electron chi connectivity index (χ1n) is 5.11. The Morgan fingerprint density at radius 3 is 2.39 bits per heavy atom. The summed E-state index contributed by atoms with van der Waals surface area (Å²) >= 11 is 17.8. The summed E-state index contributed by atoms with van der Waals surface area (Å²) in [5, 5.41) is 10.9. The number of ether oxygens (including phenoxy) is 1. The van der Waals surface area contributed by atoms with Crippen LogP contribution in [0.4, 0.5) is 5.69 Å². The standard InChI is InChI=1S/C10H9Cl3N2O3/c11-5-7(10(16)17)14-9(13)6(12)8(5)15-1-3-18-4-2-15/h1-4H2,(H,16,17)/p-1. The Labute approximate surface area is 118 Å². The lowest BCUT2D eigenvalue weighted by atomic mass is 10.2. The fraction of sp³-hybridized carbons (Fsp3) is 0.400. The number of rotatable bonds is 2. The number of carbonyl (C=O) groups is 1. The Morgan fingerprint density at radius 1 is 1.22 bits per heavy atom. The predicted molar refractivity (Wildman–Crippen MR) is 66.6 cm³/mol. The van der Waals surface area contributed by atoms with E-state index in [1.165, 1.54) is 0 Å². The van der Waals surface area contributed by atoms with E-state index in [4.69, 9.17) is 39.5 Å². The van der Waals surface area contributed by atoms with Crippen LogP contribution in [-0.4, -0.2) is 37.3 Å². The summed E-state index contributed by atoms with van der Waals surface area (Å²) in [6, 6.07) is 0. The van der Waals surface area contributed by atoms with Crippen molar-refractivity contribution in [1.82, 2.24) is 4.98 Å². The minimum absolute atomic E-state index is 0.0636. The van der Waals surface area contributed by atoms with Gasteiger partial charge >= 0.3 is 0 Å². The van der Waals surface area contributed by atoms with Crippen LogP contribution in [0.2, 0.25) is 15.2 Å². The molecule has 0 aromatic carbocycles. The molecule has 8 heteroatoms. The first-order valence-corrected chi connectivity index (χ1v) is 6.24. The molecule has 0 N–H and O–H groups in total. The molecule has 0 amide bonds. The number of halogens is 3. The molecule has 0 bridgehead atoms. The number of anilines is 1. The molecule has 0 spiro atoms. The number of pyridine rings is 1. The average Bonchev–Trinajstić information content (AvgIpc) is 2.35. The van der Waals surface area contributed by atoms with Gasteiger partial charge in [-0.1, -0.05) is 34.8 Å². The van der Waals surface area contributed by atoms with Crippen LogP contribution in [0.15, 0.2) is 0 Å². The van der Waals surface area contributed by atoms with Crippen molar-refractivity contribution in [2.75, 3.05) is 31.2 Å². The topological polar surface area (TPSA) is 65.5 Å². The third-order valence-corrected chi connectivity index (χ3v) is 3.62. The maximum atomic E-state index is 10.9. The highest BCUT2D eigenvalue weighted by molar-refractivity contribution is 6.46. The maximum absolute atomic E-state index is 10.9. The lowest BCUT2D eigenvalue weighted by Crippen LogP contribution is -2.37. The van der Waals surface area contributed by atoms with Crippen LogP contribution in [0.25, 0.3) is 0 Å². The first-order chi connectivity index (χ1) is 8.52. The number of carboxylic acids is 1. The van der Waals surface area contributed by atoms with Crippen LogP contribution in [0.5, 0.6) is 0 Å². The van der Waals surface area contributed by atoms with Gasteiger partial charge in [-0.05, 0) is 0 Å². The second-order valence-corrected chi connectivity index (χ2v) is 4.73. The fourth-order valence-electron chi connectivity index (χ4n) is 1.70. The van der Waals surface area contributed by atoms with E-state index < -0.39 is 11.7 Å². The number of carbonyl (C=O) groups excluding carboxylic acids is 1. The molecule has 1 fully saturated rings. The number of aromatic nitrogens is 1. The Kier molecular flexibility index (Phi) is 4.17. The Morgan fingerprint density at radius 2 is 1.83 bits per heavy atom. The van der Waals surface area contributed by atoms with E-state index in [1.807, 2.05) is 4.90 Å². The van der Waals surface area contributed by atoms with Crippen molar-refractivity contribution in [3.8, 4) is 0 Å². The van der Waals surface area contributed by atoms with Crippen LogP contribution in [-0.2, 0) is 4.74 Å². The van der Waals surface area contributed by atoms with Gasteiger partial charge in [-0.25, -0.2) is 4.98 Å². The van der Waals surface area contributed by atoms with Gasteiger partial charge < -0.3 is 19.5 Å². The fourth-order valence-corrected chi connectivity index (χ4v) is 2.51. The number of nitrogens with zero attached hydrogens (tertiary/aromatic N) is 2. The van der Waals surface area contributed by atoms with Gasteiger partial charge in [-0.2, -0.15) is 0 Å². The van der Waals surface area contributed by atoms with E-state index >= 15 is 0 Å². The minimum Gasteiger partial charge on any atom is -0.543 e. The molecule has 1 aliphatic heterocycles. The number of aromatic carboxylic acids is 1. The summed E-state index contributed by atoms with van der Waals surface area (Å²) < 4.78 is 5.20. The molecular weight excluding hydrogens is 302 g/mol. The zero-order valence-electron chi connectivity index (χ0n) is 9.08. The van der Waals surface area contributed by atoms with Gasteiger partial charge in [0.2, 0.25) is 0 Å². The summed E-state index contributed by atoms with van der Waals surface area (Å²) in [4.78, 5) is 16.3. The molecule has 2 rings (SSSR count). The molecule has 1 aromatic heterocycles. The maximum Gasteiger partial charge on any atom is 0.150 e. The molecule has 98 valence electrons. The zero-order valence-corrected chi connectivity index (χ0v) is 11.3. The molecular formula is C10H8Cl3N2O3-. The molecule has 1 saturated heterocycles. The van der Waals surface area contributed by atoms with Crippen LogP contribution in [0.3, 0.4) is 0 Å². The van der Waals surface area contributed by atoms with Crippen molar-refractivity contribution >= 4 is 46.5 Å². The summed E-state index contributed by atoms with van der Waals surface area (Å²) in [7, 11) is 0. The highest BCUT2D eigenvalue weighted by Crippen LogP contribution is 2.39. The third kappa shape index (κ3) is 2.49. The molecule has 0 aliphatic carbocycles. The molecule has 0 saturated carbocycles. The molecule has 18 heavy (non-hydrogen) atoms. The van der Waals surface area contributed by atoms with Gasteiger partial charge in [-0.15, -0.1) is 0 Å². The first kappa shape index (κ1) is 13.7. The lowest BCUT2D eigenvalue weighted by Gasteiger charge is -2.31. The van der Waals surface area contributed by atoms with E-state index in [0.717, 1.165) is 0 Å². The minimum atomic E-state index is -1.49. The second-order valence-electron chi connectivity index (χ2n) is 3.61. The van der Waals surface area contributed by atoms with Crippen molar-refractivity contribution in [3.63, 3.8) is 0 Å². The van der Waals surface area contributed by atoms with Gasteiger partial charge in [-0.3, -0.25) is 0 Å². The number of morpholine rings is 1. The lowest BCUT2D eigenvalue weighted by molar-refractivity contribution is -0.255. The largest absolute Gasteiger partial charge is 0.543 e. The van der Waals surface area contributed by atoms with Crippen molar-refractivity contribution < 1.29 is 14.6 Å². The molecule has 5 nitrogen and oxygen atoms in total. The smallest absolute Gasteiger partial charge is 0.150 e.